The summed E-state index contributed by atoms with van der Waals surface area (Å²) in [6, 6.07) is 0.298. The summed E-state index contributed by atoms with van der Waals surface area (Å²) in [5.74, 6) is 2.78. The number of hydrogen-bond donors (Lipinski definition) is 1. The normalized spacial score (nSPS) is 12.4. The van der Waals surface area contributed by atoms with Gasteiger partial charge in [0.05, 0.1) is 6.04 Å². The van der Waals surface area contributed by atoms with Crippen LogP contribution in [0.25, 0.3) is 0 Å². The number of terminal acetylenes is 1. The van der Waals surface area contributed by atoms with Crippen molar-refractivity contribution in [2.45, 2.75) is 58.4 Å². The van der Waals surface area contributed by atoms with Crippen LogP contribution in [0, 0.1) is 12.3 Å². The van der Waals surface area contributed by atoms with Crippen molar-refractivity contribution in [2.24, 2.45) is 0 Å². The van der Waals surface area contributed by atoms with Crippen molar-refractivity contribution < 1.29 is 0 Å². The maximum absolute atomic E-state index is 5.39. The summed E-state index contributed by atoms with van der Waals surface area (Å²) in [5, 5.41) is 3.29. The van der Waals surface area contributed by atoms with Gasteiger partial charge in [0.1, 0.15) is 0 Å². The quantitative estimate of drug-likeness (QED) is 0.448. The molecule has 0 rings (SSSR count). The van der Waals surface area contributed by atoms with Crippen LogP contribution in [0.4, 0.5) is 0 Å². The maximum Gasteiger partial charge on any atom is 0.0686 e. The second-order valence-corrected chi connectivity index (χ2v) is 3.48. The van der Waals surface area contributed by atoms with Crippen LogP contribution in [0.1, 0.15) is 52.4 Å². The summed E-state index contributed by atoms with van der Waals surface area (Å²) >= 11 is 0. The van der Waals surface area contributed by atoms with Crippen molar-refractivity contribution in [3.63, 3.8) is 0 Å². The molecule has 0 fully saturated rings. The Morgan fingerprint density at radius 2 is 1.85 bits per heavy atom. The summed E-state index contributed by atoms with van der Waals surface area (Å²) in [5.41, 5.74) is 0. The van der Waals surface area contributed by atoms with Crippen LogP contribution in [0.5, 0.6) is 0 Å². The van der Waals surface area contributed by atoms with Crippen molar-refractivity contribution >= 4 is 0 Å². The van der Waals surface area contributed by atoms with E-state index in [2.05, 4.69) is 25.1 Å². The van der Waals surface area contributed by atoms with Gasteiger partial charge in [-0.2, -0.15) is 0 Å². The number of hydrogen-bond acceptors (Lipinski definition) is 1. The Morgan fingerprint density at radius 1 is 1.15 bits per heavy atom. The molecule has 1 atom stereocenters. The second kappa shape index (κ2) is 9.61. The van der Waals surface area contributed by atoms with Gasteiger partial charge < -0.3 is 5.32 Å². The van der Waals surface area contributed by atoms with E-state index in [0.29, 0.717) is 6.04 Å². The minimum absolute atomic E-state index is 0.298. The van der Waals surface area contributed by atoms with Gasteiger partial charge in [-0.1, -0.05) is 51.9 Å². The van der Waals surface area contributed by atoms with Crippen LogP contribution < -0.4 is 5.32 Å². The SMILES string of the molecule is C#CC(CCCCCCC)NCC. The van der Waals surface area contributed by atoms with E-state index in [4.69, 9.17) is 6.42 Å². The fraction of sp³-hybridized carbons (Fsp3) is 0.833. The lowest BCUT2D eigenvalue weighted by Crippen LogP contribution is -2.26. The highest BCUT2D eigenvalue weighted by atomic mass is 14.9. The van der Waals surface area contributed by atoms with Crippen molar-refractivity contribution in [3.05, 3.63) is 0 Å². The molecule has 0 saturated heterocycles. The lowest BCUT2D eigenvalue weighted by Gasteiger charge is -2.10. The van der Waals surface area contributed by atoms with E-state index in [9.17, 15) is 0 Å². The summed E-state index contributed by atoms with van der Waals surface area (Å²) < 4.78 is 0. The van der Waals surface area contributed by atoms with Gasteiger partial charge in [0, 0.05) is 0 Å². The van der Waals surface area contributed by atoms with E-state index in [0.717, 1.165) is 13.0 Å². The smallest absolute Gasteiger partial charge is 0.0686 e. The highest BCUT2D eigenvalue weighted by molar-refractivity contribution is 4.98. The number of unbranched alkanes of at least 4 members (excludes halogenated alkanes) is 4. The monoisotopic (exact) mass is 181 g/mol. The molecular weight excluding hydrogens is 158 g/mol. The molecule has 13 heavy (non-hydrogen) atoms. The molecule has 0 aromatic carbocycles. The van der Waals surface area contributed by atoms with Gasteiger partial charge >= 0.3 is 0 Å². The van der Waals surface area contributed by atoms with Gasteiger partial charge in [0.15, 0.2) is 0 Å². The molecule has 0 spiro atoms. The molecule has 0 saturated carbocycles. The van der Waals surface area contributed by atoms with Crippen LogP contribution in [-0.4, -0.2) is 12.6 Å². The first-order chi connectivity index (χ1) is 6.35. The molecule has 0 aliphatic carbocycles. The van der Waals surface area contributed by atoms with E-state index < -0.39 is 0 Å². The van der Waals surface area contributed by atoms with E-state index in [1.165, 1.54) is 32.1 Å². The maximum atomic E-state index is 5.39. The van der Waals surface area contributed by atoms with Gasteiger partial charge in [-0.15, -0.1) is 6.42 Å². The molecule has 1 heteroatoms. The molecule has 0 bridgehead atoms. The molecule has 0 aliphatic heterocycles. The minimum Gasteiger partial charge on any atom is -0.304 e. The summed E-state index contributed by atoms with van der Waals surface area (Å²) in [6.07, 6.45) is 13.2. The lowest BCUT2D eigenvalue weighted by atomic mass is 10.1. The molecule has 0 amide bonds. The van der Waals surface area contributed by atoms with Gasteiger partial charge in [-0.25, -0.2) is 0 Å². The Kier molecular flexibility index (Phi) is 9.25. The summed E-state index contributed by atoms with van der Waals surface area (Å²) in [6.45, 7) is 5.31. The Hall–Kier alpha value is -0.480. The largest absolute Gasteiger partial charge is 0.304 e. The first-order valence-corrected chi connectivity index (χ1v) is 5.54. The zero-order chi connectivity index (χ0) is 9.94. The van der Waals surface area contributed by atoms with Crippen molar-refractivity contribution in [1.29, 1.82) is 0 Å². The lowest BCUT2D eigenvalue weighted by molar-refractivity contribution is 0.532. The number of rotatable bonds is 8. The van der Waals surface area contributed by atoms with Crippen molar-refractivity contribution in [2.75, 3.05) is 6.54 Å². The third kappa shape index (κ3) is 7.87. The van der Waals surface area contributed by atoms with E-state index in [1.807, 2.05) is 0 Å². The van der Waals surface area contributed by atoms with E-state index in [-0.39, 0.29) is 0 Å². The molecule has 76 valence electrons. The third-order valence-corrected chi connectivity index (χ3v) is 2.25. The first kappa shape index (κ1) is 12.5. The second-order valence-electron chi connectivity index (χ2n) is 3.48. The van der Waals surface area contributed by atoms with Crippen molar-refractivity contribution in [1.82, 2.24) is 5.32 Å². The van der Waals surface area contributed by atoms with Crippen LogP contribution in [-0.2, 0) is 0 Å². The Bertz CT molecular complexity index is 135. The number of nitrogens with one attached hydrogen (secondary N) is 1. The fourth-order valence-electron chi connectivity index (χ4n) is 1.44. The molecule has 0 aromatic rings. The van der Waals surface area contributed by atoms with Crippen LogP contribution in [0.2, 0.25) is 0 Å². The average Bonchev–Trinajstić information content (AvgIpc) is 2.16. The van der Waals surface area contributed by atoms with Crippen LogP contribution in [0.15, 0.2) is 0 Å². The van der Waals surface area contributed by atoms with Gasteiger partial charge in [-0.05, 0) is 13.0 Å². The van der Waals surface area contributed by atoms with Gasteiger partial charge in [0.2, 0.25) is 0 Å². The molecule has 0 aliphatic rings. The first-order valence-electron chi connectivity index (χ1n) is 5.54. The van der Waals surface area contributed by atoms with Crippen LogP contribution in [0.3, 0.4) is 0 Å². The standard InChI is InChI=1S/C12H23N/c1-4-7-8-9-10-11-12(5-2)13-6-3/h2,12-13H,4,6-11H2,1,3H3. The molecule has 1 unspecified atom stereocenters. The van der Waals surface area contributed by atoms with Crippen molar-refractivity contribution in [3.8, 4) is 12.3 Å². The zero-order valence-electron chi connectivity index (χ0n) is 9.10. The van der Waals surface area contributed by atoms with Gasteiger partial charge in [0.25, 0.3) is 0 Å². The van der Waals surface area contributed by atoms with E-state index >= 15 is 0 Å². The summed E-state index contributed by atoms with van der Waals surface area (Å²) in [7, 11) is 0. The molecule has 0 radical (unpaired) electrons. The minimum atomic E-state index is 0.298. The predicted molar refractivity (Wildman–Crippen MR) is 59.7 cm³/mol. The predicted octanol–water partition coefficient (Wildman–Crippen LogP) is 2.96. The Balaban J connectivity index is 3.24. The highest BCUT2D eigenvalue weighted by Crippen LogP contribution is 2.06. The highest BCUT2D eigenvalue weighted by Gasteiger charge is 2.00. The molecule has 0 heterocycles. The topological polar surface area (TPSA) is 12.0 Å². The Labute approximate surface area is 83.3 Å². The average molecular weight is 181 g/mol. The van der Waals surface area contributed by atoms with E-state index in [1.54, 1.807) is 0 Å². The molecular formula is C12H23N. The third-order valence-electron chi connectivity index (χ3n) is 2.25. The fourth-order valence-corrected chi connectivity index (χ4v) is 1.44. The molecule has 0 aromatic heterocycles. The molecule has 1 N–H and O–H groups in total. The van der Waals surface area contributed by atoms with Crippen LogP contribution >= 0.6 is 0 Å². The Morgan fingerprint density at radius 3 is 2.38 bits per heavy atom. The zero-order valence-corrected chi connectivity index (χ0v) is 9.10. The molecule has 1 nitrogen and oxygen atoms in total. The van der Waals surface area contributed by atoms with Gasteiger partial charge in [-0.3, -0.25) is 0 Å². The summed E-state index contributed by atoms with van der Waals surface area (Å²) in [4.78, 5) is 0.